The summed E-state index contributed by atoms with van der Waals surface area (Å²) in [6, 6.07) is 11.7. The van der Waals surface area contributed by atoms with Crippen LogP contribution in [-0.4, -0.2) is 28.7 Å². The number of amides is 1. The number of carbonyl (C=O) groups excluding carboxylic acids is 1. The van der Waals surface area contributed by atoms with E-state index in [1.165, 1.54) is 35.2 Å². The second-order valence-corrected chi connectivity index (χ2v) is 7.18. The largest absolute Gasteiger partial charge is 0.495 e. The molecule has 0 fully saturated rings. The standard InChI is InChI=1S/C16H13N3O4S2/c1-23-13-5-3-2-4-11(13)17-15(20)9-24-16-18-12-7-6-10(19(21)22)8-14(12)25-16/h2-8H,9H2,1H3,(H,17,20). The van der Waals surface area contributed by atoms with Gasteiger partial charge < -0.3 is 10.1 Å². The molecule has 0 bridgehead atoms. The number of hydrogen-bond acceptors (Lipinski definition) is 7. The fourth-order valence-corrected chi connectivity index (χ4v) is 4.03. The molecule has 1 heterocycles. The smallest absolute Gasteiger partial charge is 0.270 e. The van der Waals surface area contributed by atoms with E-state index in [4.69, 9.17) is 4.74 Å². The lowest BCUT2D eigenvalue weighted by atomic mass is 10.3. The number of rotatable bonds is 6. The zero-order chi connectivity index (χ0) is 17.8. The molecule has 0 saturated heterocycles. The Kier molecular flexibility index (Phi) is 5.15. The lowest BCUT2D eigenvalue weighted by molar-refractivity contribution is -0.384. The minimum absolute atomic E-state index is 0.0293. The fourth-order valence-electron chi connectivity index (χ4n) is 2.13. The Balaban J connectivity index is 1.65. The molecule has 0 aliphatic carbocycles. The number of methoxy groups -OCH3 is 1. The van der Waals surface area contributed by atoms with Gasteiger partial charge in [-0.2, -0.15) is 0 Å². The molecular formula is C16H13N3O4S2. The van der Waals surface area contributed by atoms with Gasteiger partial charge in [0.15, 0.2) is 4.34 Å². The molecule has 0 atom stereocenters. The average Bonchev–Trinajstić information content (AvgIpc) is 3.02. The summed E-state index contributed by atoms with van der Waals surface area (Å²) >= 11 is 2.61. The molecule has 0 aliphatic rings. The maximum Gasteiger partial charge on any atom is 0.270 e. The van der Waals surface area contributed by atoms with E-state index < -0.39 is 4.92 Å². The number of carbonyl (C=O) groups is 1. The van der Waals surface area contributed by atoms with Crippen molar-refractivity contribution in [3.8, 4) is 5.75 Å². The van der Waals surface area contributed by atoms with Crippen LogP contribution < -0.4 is 10.1 Å². The van der Waals surface area contributed by atoms with Gasteiger partial charge in [0.25, 0.3) is 5.69 Å². The minimum atomic E-state index is -0.438. The van der Waals surface area contributed by atoms with Gasteiger partial charge >= 0.3 is 0 Å². The third-order valence-corrected chi connectivity index (χ3v) is 5.43. The van der Waals surface area contributed by atoms with E-state index in [1.807, 2.05) is 12.1 Å². The van der Waals surface area contributed by atoms with Crippen LogP contribution in [0.1, 0.15) is 0 Å². The van der Waals surface area contributed by atoms with Crippen LogP contribution in [0.25, 0.3) is 10.2 Å². The number of fused-ring (bicyclic) bond motifs is 1. The van der Waals surface area contributed by atoms with Crippen molar-refractivity contribution in [2.24, 2.45) is 0 Å². The van der Waals surface area contributed by atoms with Gasteiger partial charge in [-0.3, -0.25) is 14.9 Å². The number of nitro groups is 1. The first-order chi connectivity index (χ1) is 12.1. The Morgan fingerprint density at radius 2 is 2.16 bits per heavy atom. The molecule has 9 heteroatoms. The summed E-state index contributed by atoms with van der Waals surface area (Å²) < 4.78 is 6.60. The van der Waals surface area contributed by atoms with Crippen LogP contribution in [0.3, 0.4) is 0 Å². The van der Waals surface area contributed by atoms with E-state index in [2.05, 4.69) is 10.3 Å². The highest BCUT2D eigenvalue weighted by molar-refractivity contribution is 8.01. The normalized spacial score (nSPS) is 10.6. The Morgan fingerprint density at radius 3 is 2.92 bits per heavy atom. The second-order valence-electron chi connectivity index (χ2n) is 4.93. The molecule has 128 valence electrons. The summed E-state index contributed by atoms with van der Waals surface area (Å²) in [6.45, 7) is 0. The van der Waals surface area contributed by atoms with E-state index in [0.717, 1.165) is 4.70 Å². The highest BCUT2D eigenvalue weighted by Gasteiger charge is 2.12. The topological polar surface area (TPSA) is 94.4 Å². The van der Waals surface area contributed by atoms with E-state index in [9.17, 15) is 14.9 Å². The molecule has 0 radical (unpaired) electrons. The quantitative estimate of drug-likeness (QED) is 0.398. The number of anilines is 1. The van der Waals surface area contributed by atoms with Gasteiger partial charge in [0.05, 0.1) is 33.7 Å². The predicted octanol–water partition coefficient (Wildman–Crippen LogP) is 3.94. The van der Waals surface area contributed by atoms with Crippen LogP contribution in [0.15, 0.2) is 46.8 Å². The zero-order valence-electron chi connectivity index (χ0n) is 13.1. The number of hydrogen-bond donors (Lipinski definition) is 1. The monoisotopic (exact) mass is 375 g/mol. The van der Waals surface area contributed by atoms with Gasteiger partial charge in [-0.15, -0.1) is 11.3 Å². The van der Waals surface area contributed by atoms with Gasteiger partial charge in [0.2, 0.25) is 5.91 Å². The summed E-state index contributed by atoms with van der Waals surface area (Å²) in [4.78, 5) is 26.9. The molecule has 1 N–H and O–H groups in total. The number of para-hydroxylation sites is 2. The lowest BCUT2D eigenvalue weighted by Gasteiger charge is -2.09. The Hall–Kier alpha value is -2.65. The number of thiazole rings is 1. The van der Waals surface area contributed by atoms with Crippen molar-refractivity contribution in [1.29, 1.82) is 0 Å². The second kappa shape index (κ2) is 7.49. The summed E-state index contributed by atoms with van der Waals surface area (Å²) in [6.07, 6.45) is 0. The molecule has 3 aromatic rings. The first kappa shape index (κ1) is 17.2. The molecule has 1 amide bonds. The van der Waals surface area contributed by atoms with Crippen molar-refractivity contribution in [2.45, 2.75) is 4.34 Å². The number of benzene rings is 2. The molecular weight excluding hydrogens is 362 g/mol. The van der Waals surface area contributed by atoms with Crippen LogP contribution in [-0.2, 0) is 4.79 Å². The molecule has 25 heavy (non-hydrogen) atoms. The number of nitrogens with zero attached hydrogens (tertiary/aromatic N) is 2. The van der Waals surface area contributed by atoms with Crippen LogP contribution >= 0.6 is 23.1 Å². The van der Waals surface area contributed by atoms with Crippen molar-refractivity contribution < 1.29 is 14.5 Å². The van der Waals surface area contributed by atoms with E-state index in [-0.39, 0.29) is 17.3 Å². The average molecular weight is 375 g/mol. The van der Waals surface area contributed by atoms with Gasteiger partial charge in [-0.05, 0) is 18.2 Å². The van der Waals surface area contributed by atoms with E-state index in [0.29, 0.717) is 21.3 Å². The number of nitro benzene ring substituents is 1. The molecule has 0 unspecified atom stereocenters. The van der Waals surface area contributed by atoms with E-state index in [1.54, 1.807) is 25.3 Å². The van der Waals surface area contributed by atoms with Crippen LogP contribution in [0.2, 0.25) is 0 Å². The number of thioether (sulfide) groups is 1. The highest BCUT2D eigenvalue weighted by atomic mass is 32.2. The van der Waals surface area contributed by atoms with Gasteiger partial charge in [0, 0.05) is 12.1 Å². The fraction of sp³-hybridized carbons (Fsp3) is 0.125. The van der Waals surface area contributed by atoms with Gasteiger partial charge in [0.1, 0.15) is 5.75 Å². The zero-order valence-corrected chi connectivity index (χ0v) is 14.7. The minimum Gasteiger partial charge on any atom is -0.495 e. The van der Waals surface area contributed by atoms with Crippen molar-refractivity contribution >= 4 is 50.6 Å². The maximum atomic E-state index is 12.1. The summed E-state index contributed by atoms with van der Waals surface area (Å²) in [5.74, 6) is 0.591. The number of non-ortho nitro benzene ring substituents is 1. The van der Waals surface area contributed by atoms with Crippen molar-refractivity contribution in [2.75, 3.05) is 18.2 Å². The Morgan fingerprint density at radius 1 is 1.36 bits per heavy atom. The molecule has 0 spiro atoms. The molecule has 1 aromatic heterocycles. The lowest BCUT2D eigenvalue weighted by Crippen LogP contribution is -2.14. The van der Waals surface area contributed by atoms with Crippen molar-refractivity contribution in [3.05, 3.63) is 52.6 Å². The van der Waals surface area contributed by atoms with Gasteiger partial charge in [-0.1, -0.05) is 23.9 Å². The molecule has 2 aromatic carbocycles. The molecule has 0 saturated carbocycles. The number of aromatic nitrogens is 1. The summed E-state index contributed by atoms with van der Waals surface area (Å²) in [5, 5.41) is 13.6. The van der Waals surface area contributed by atoms with E-state index >= 15 is 0 Å². The molecule has 7 nitrogen and oxygen atoms in total. The van der Waals surface area contributed by atoms with Crippen LogP contribution in [0.4, 0.5) is 11.4 Å². The first-order valence-electron chi connectivity index (χ1n) is 7.17. The molecule has 0 aliphatic heterocycles. The van der Waals surface area contributed by atoms with Gasteiger partial charge in [-0.25, -0.2) is 4.98 Å². The van der Waals surface area contributed by atoms with Crippen LogP contribution in [0.5, 0.6) is 5.75 Å². The highest BCUT2D eigenvalue weighted by Crippen LogP contribution is 2.32. The Labute approximate surface area is 151 Å². The summed E-state index contributed by atoms with van der Waals surface area (Å²) in [5.41, 5.74) is 1.32. The third-order valence-electron chi connectivity index (χ3n) is 3.27. The summed E-state index contributed by atoms with van der Waals surface area (Å²) in [7, 11) is 1.54. The molecule has 3 rings (SSSR count). The van der Waals surface area contributed by atoms with Crippen LogP contribution in [0, 0.1) is 10.1 Å². The maximum absolute atomic E-state index is 12.1. The number of ether oxygens (including phenoxy) is 1. The van der Waals surface area contributed by atoms with Crippen molar-refractivity contribution in [1.82, 2.24) is 4.98 Å². The first-order valence-corrected chi connectivity index (χ1v) is 8.97. The van der Waals surface area contributed by atoms with Crippen molar-refractivity contribution in [3.63, 3.8) is 0 Å². The number of nitrogens with one attached hydrogen (secondary N) is 1. The third kappa shape index (κ3) is 4.06. The Bertz CT molecular complexity index is 942. The predicted molar refractivity (Wildman–Crippen MR) is 98.6 cm³/mol. The SMILES string of the molecule is COc1ccccc1NC(=O)CSc1nc2ccc([N+](=O)[O-])cc2s1.